The number of unbranched alkanes of at least 4 members (excludes halogenated alkanes) is 1. The van der Waals surface area contributed by atoms with Crippen LogP contribution in [0, 0.1) is 0 Å². The molecule has 0 spiro atoms. The fraction of sp³-hybridized carbons (Fsp3) is 0.909. The molecule has 0 radical (unpaired) electrons. The Bertz CT molecular complexity index is 197. The summed E-state index contributed by atoms with van der Waals surface area (Å²) in [6.45, 7) is 6.22. The van der Waals surface area contributed by atoms with Gasteiger partial charge in [-0.1, -0.05) is 13.3 Å². The molecule has 0 bridgehead atoms. The van der Waals surface area contributed by atoms with Gasteiger partial charge in [-0.15, -0.1) is 0 Å². The molecule has 0 amide bonds. The highest BCUT2D eigenvalue weighted by atomic mass is 16.4. The summed E-state index contributed by atoms with van der Waals surface area (Å²) in [6.07, 6.45) is 3.77. The summed E-state index contributed by atoms with van der Waals surface area (Å²) < 4.78 is 0. The van der Waals surface area contributed by atoms with Crippen molar-refractivity contribution in [2.45, 2.75) is 38.6 Å². The lowest BCUT2D eigenvalue weighted by Crippen LogP contribution is -2.39. The number of hydrogen-bond donors (Lipinski definition) is 2. The van der Waals surface area contributed by atoms with Gasteiger partial charge < -0.3 is 15.3 Å². The fourth-order valence-corrected chi connectivity index (χ4v) is 2.01. The molecule has 1 atom stereocenters. The molecule has 1 rings (SSSR count). The Kier molecular flexibility index (Phi) is 5.65. The summed E-state index contributed by atoms with van der Waals surface area (Å²) in [6, 6.07) is 0.127. The van der Waals surface area contributed by atoms with Crippen molar-refractivity contribution < 1.29 is 9.90 Å². The average molecular weight is 214 g/mol. The SMILES string of the molecule is CCCCN1CCCNC(CC(=O)O)C1. The number of carboxylic acids is 1. The topological polar surface area (TPSA) is 52.6 Å². The second kappa shape index (κ2) is 6.80. The first-order valence-electron chi connectivity index (χ1n) is 5.90. The molecule has 0 aromatic heterocycles. The number of carbonyl (C=O) groups is 1. The van der Waals surface area contributed by atoms with Crippen molar-refractivity contribution in [3.63, 3.8) is 0 Å². The lowest BCUT2D eigenvalue weighted by Gasteiger charge is -2.23. The molecule has 1 aliphatic rings. The van der Waals surface area contributed by atoms with Crippen molar-refractivity contribution >= 4 is 5.97 Å². The van der Waals surface area contributed by atoms with Crippen LogP contribution >= 0.6 is 0 Å². The number of nitrogens with zero attached hydrogens (tertiary/aromatic N) is 1. The molecule has 0 aromatic carbocycles. The Balaban J connectivity index is 2.35. The molecule has 2 N–H and O–H groups in total. The van der Waals surface area contributed by atoms with Crippen LogP contribution < -0.4 is 5.32 Å². The van der Waals surface area contributed by atoms with Crippen molar-refractivity contribution in [2.24, 2.45) is 0 Å². The van der Waals surface area contributed by atoms with Crippen molar-refractivity contribution in [3.05, 3.63) is 0 Å². The second-order valence-electron chi connectivity index (χ2n) is 4.26. The number of aliphatic carboxylic acids is 1. The highest BCUT2D eigenvalue weighted by molar-refractivity contribution is 5.67. The third-order valence-corrected chi connectivity index (χ3v) is 2.81. The van der Waals surface area contributed by atoms with Gasteiger partial charge in [0.25, 0.3) is 0 Å². The van der Waals surface area contributed by atoms with E-state index >= 15 is 0 Å². The minimum atomic E-state index is -0.704. The number of hydrogen-bond acceptors (Lipinski definition) is 3. The Labute approximate surface area is 91.6 Å². The van der Waals surface area contributed by atoms with Crippen LogP contribution in [-0.2, 0) is 4.79 Å². The number of nitrogens with one attached hydrogen (secondary N) is 1. The van der Waals surface area contributed by atoms with Crippen molar-refractivity contribution in [3.8, 4) is 0 Å². The fourth-order valence-electron chi connectivity index (χ4n) is 2.01. The van der Waals surface area contributed by atoms with Gasteiger partial charge in [0, 0.05) is 12.6 Å². The van der Waals surface area contributed by atoms with Crippen LogP contribution in [-0.4, -0.2) is 48.2 Å². The van der Waals surface area contributed by atoms with Crippen LogP contribution in [0.25, 0.3) is 0 Å². The van der Waals surface area contributed by atoms with Gasteiger partial charge in [0.1, 0.15) is 0 Å². The molecule has 4 nitrogen and oxygen atoms in total. The molecule has 15 heavy (non-hydrogen) atoms. The summed E-state index contributed by atoms with van der Waals surface area (Å²) in [5.74, 6) is -0.704. The van der Waals surface area contributed by atoms with E-state index in [9.17, 15) is 4.79 Å². The Morgan fingerprint density at radius 3 is 3.07 bits per heavy atom. The standard InChI is InChI=1S/C11H22N2O2/c1-2-3-6-13-7-4-5-12-10(9-13)8-11(14)15/h10,12H,2-9H2,1H3,(H,14,15). The number of rotatable bonds is 5. The van der Waals surface area contributed by atoms with E-state index in [-0.39, 0.29) is 12.5 Å². The third kappa shape index (κ3) is 5.14. The molecule has 0 saturated carbocycles. The largest absolute Gasteiger partial charge is 0.481 e. The Morgan fingerprint density at radius 1 is 1.60 bits per heavy atom. The summed E-state index contributed by atoms with van der Waals surface area (Å²) in [5, 5.41) is 12.1. The molecule has 1 aliphatic heterocycles. The van der Waals surface area contributed by atoms with Gasteiger partial charge in [-0.05, 0) is 32.5 Å². The molecule has 0 aromatic rings. The van der Waals surface area contributed by atoms with Gasteiger partial charge in [-0.25, -0.2) is 0 Å². The quantitative estimate of drug-likeness (QED) is 0.714. The number of carboxylic acid groups (broad SMARTS) is 1. The highest BCUT2D eigenvalue weighted by Crippen LogP contribution is 2.05. The van der Waals surface area contributed by atoms with E-state index in [1.807, 2.05) is 0 Å². The summed E-state index contributed by atoms with van der Waals surface area (Å²) in [7, 11) is 0. The van der Waals surface area contributed by atoms with Crippen LogP contribution in [0.3, 0.4) is 0 Å². The van der Waals surface area contributed by atoms with E-state index in [2.05, 4.69) is 17.1 Å². The van der Waals surface area contributed by atoms with Crippen LogP contribution in [0.4, 0.5) is 0 Å². The summed E-state index contributed by atoms with van der Waals surface area (Å²) >= 11 is 0. The molecule has 0 aliphatic carbocycles. The maximum Gasteiger partial charge on any atom is 0.304 e. The molecule has 4 heteroatoms. The van der Waals surface area contributed by atoms with E-state index in [0.29, 0.717) is 0 Å². The zero-order valence-electron chi connectivity index (χ0n) is 9.54. The molecular weight excluding hydrogens is 192 g/mol. The van der Waals surface area contributed by atoms with E-state index in [4.69, 9.17) is 5.11 Å². The first-order valence-corrected chi connectivity index (χ1v) is 5.90. The van der Waals surface area contributed by atoms with Gasteiger partial charge in [0.15, 0.2) is 0 Å². The second-order valence-corrected chi connectivity index (χ2v) is 4.26. The predicted molar refractivity (Wildman–Crippen MR) is 60.0 cm³/mol. The normalized spacial score (nSPS) is 23.7. The van der Waals surface area contributed by atoms with Crippen molar-refractivity contribution in [1.82, 2.24) is 10.2 Å². The van der Waals surface area contributed by atoms with Crippen LogP contribution in [0.1, 0.15) is 32.6 Å². The highest BCUT2D eigenvalue weighted by Gasteiger charge is 2.19. The van der Waals surface area contributed by atoms with Gasteiger partial charge in [-0.3, -0.25) is 4.79 Å². The minimum Gasteiger partial charge on any atom is -0.481 e. The molecule has 1 saturated heterocycles. The molecule has 1 unspecified atom stereocenters. The lowest BCUT2D eigenvalue weighted by molar-refractivity contribution is -0.137. The minimum absolute atomic E-state index is 0.127. The van der Waals surface area contributed by atoms with Crippen molar-refractivity contribution in [1.29, 1.82) is 0 Å². The van der Waals surface area contributed by atoms with Gasteiger partial charge >= 0.3 is 5.97 Å². The van der Waals surface area contributed by atoms with E-state index in [0.717, 1.165) is 32.6 Å². The predicted octanol–water partition coefficient (Wildman–Crippen LogP) is 0.925. The van der Waals surface area contributed by atoms with Gasteiger partial charge in [-0.2, -0.15) is 0 Å². The first-order chi connectivity index (χ1) is 7.22. The Morgan fingerprint density at radius 2 is 2.40 bits per heavy atom. The van der Waals surface area contributed by atoms with E-state index in [1.54, 1.807) is 0 Å². The van der Waals surface area contributed by atoms with Crippen LogP contribution in [0.15, 0.2) is 0 Å². The monoisotopic (exact) mass is 214 g/mol. The smallest absolute Gasteiger partial charge is 0.304 e. The zero-order valence-corrected chi connectivity index (χ0v) is 9.54. The van der Waals surface area contributed by atoms with Gasteiger partial charge in [0.2, 0.25) is 0 Å². The molecule has 1 fully saturated rings. The summed E-state index contributed by atoms with van der Waals surface area (Å²) in [5.41, 5.74) is 0. The maximum absolute atomic E-state index is 10.6. The van der Waals surface area contributed by atoms with E-state index in [1.165, 1.54) is 12.8 Å². The average Bonchev–Trinajstić information content (AvgIpc) is 2.39. The first kappa shape index (κ1) is 12.5. The zero-order chi connectivity index (χ0) is 11.1. The Hall–Kier alpha value is -0.610. The molecule has 88 valence electrons. The van der Waals surface area contributed by atoms with E-state index < -0.39 is 5.97 Å². The molecular formula is C11H22N2O2. The third-order valence-electron chi connectivity index (χ3n) is 2.81. The van der Waals surface area contributed by atoms with Crippen LogP contribution in [0.2, 0.25) is 0 Å². The molecule has 1 heterocycles. The van der Waals surface area contributed by atoms with Crippen LogP contribution in [0.5, 0.6) is 0 Å². The lowest BCUT2D eigenvalue weighted by atomic mass is 10.2. The van der Waals surface area contributed by atoms with Gasteiger partial charge in [0.05, 0.1) is 6.42 Å². The van der Waals surface area contributed by atoms with Crippen molar-refractivity contribution in [2.75, 3.05) is 26.2 Å². The maximum atomic E-state index is 10.6. The summed E-state index contributed by atoms with van der Waals surface area (Å²) in [4.78, 5) is 13.0.